The summed E-state index contributed by atoms with van der Waals surface area (Å²) in [5.41, 5.74) is 2.70. The Balaban J connectivity index is 1.95. The van der Waals surface area contributed by atoms with Gasteiger partial charge in [0.2, 0.25) is 11.5 Å². The predicted molar refractivity (Wildman–Crippen MR) is 93.4 cm³/mol. The Labute approximate surface area is 145 Å². The van der Waals surface area contributed by atoms with Gasteiger partial charge in [-0.15, -0.1) is 0 Å². The standard InChI is InChI=1S/C19H18N2O4/c1-11-4-6-12(7-5-11)19-20-10-14(21-19)17(22)13-8-15(24-2)18(23)16(9-13)25-3/h4-10,23H,1-3H3,(H,20,21). The van der Waals surface area contributed by atoms with E-state index in [9.17, 15) is 9.90 Å². The minimum atomic E-state index is -0.275. The van der Waals surface area contributed by atoms with E-state index >= 15 is 0 Å². The molecule has 1 aromatic heterocycles. The van der Waals surface area contributed by atoms with Crippen LogP contribution in [0.15, 0.2) is 42.6 Å². The van der Waals surface area contributed by atoms with Gasteiger partial charge in [0.25, 0.3) is 0 Å². The zero-order valence-electron chi connectivity index (χ0n) is 14.2. The lowest BCUT2D eigenvalue weighted by Crippen LogP contribution is -2.03. The van der Waals surface area contributed by atoms with Crippen LogP contribution < -0.4 is 9.47 Å². The number of nitrogens with zero attached hydrogens (tertiary/aromatic N) is 1. The molecule has 0 amide bonds. The van der Waals surface area contributed by atoms with E-state index in [0.29, 0.717) is 17.1 Å². The zero-order valence-corrected chi connectivity index (χ0v) is 14.2. The summed E-state index contributed by atoms with van der Waals surface area (Å²) in [6, 6.07) is 10.8. The van der Waals surface area contributed by atoms with Crippen LogP contribution in [0, 0.1) is 6.92 Å². The molecule has 0 saturated heterocycles. The molecule has 6 nitrogen and oxygen atoms in total. The number of aromatic hydroxyl groups is 1. The average Bonchev–Trinajstić information content (AvgIpc) is 3.12. The Morgan fingerprint density at radius 1 is 1.08 bits per heavy atom. The number of phenolic OH excluding ortho intramolecular Hbond substituents is 1. The summed E-state index contributed by atoms with van der Waals surface area (Å²) in [7, 11) is 2.82. The topological polar surface area (TPSA) is 84.4 Å². The predicted octanol–water partition coefficient (Wildman–Crippen LogP) is 3.34. The van der Waals surface area contributed by atoms with Gasteiger partial charge in [0.1, 0.15) is 11.5 Å². The number of carbonyl (C=O) groups is 1. The molecule has 0 unspecified atom stereocenters. The number of phenols is 1. The number of aromatic amines is 1. The third kappa shape index (κ3) is 3.19. The Morgan fingerprint density at radius 3 is 2.24 bits per heavy atom. The van der Waals surface area contributed by atoms with Crippen molar-refractivity contribution in [1.29, 1.82) is 0 Å². The summed E-state index contributed by atoms with van der Waals surface area (Å²) < 4.78 is 10.2. The summed E-state index contributed by atoms with van der Waals surface area (Å²) in [5, 5.41) is 9.96. The number of hydrogen-bond acceptors (Lipinski definition) is 5. The van der Waals surface area contributed by atoms with Crippen LogP contribution in [0.25, 0.3) is 11.4 Å². The summed E-state index contributed by atoms with van der Waals surface area (Å²) in [6.07, 6.45) is 1.49. The lowest BCUT2D eigenvalue weighted by molar-refractivity contribution is 0.103. The largest absolute Gasteiger partial charge is 0.502 e. The number of rotatable bonds is 5. The second-order valence-electron chi connectivity index (χ2n) is 5.57. The highest BCUT2D eigenvalue weighted by Crippen LogP contribution is 2.37. The van der Waals surface area contributed by atoms with Gasteiger partial charge < -0.3 is 19.6 Å². The van der Waals surface area contributed by atoms with Crippen LogP contribution in [0.2, 0.25) is 0 Å². The van der Waals surface area contributed by atoms with Gasteiger partial charge >= 0.3 is 0 Å². The summed E-state index contributed by atoms with van der Waals surface area (Å²) in [4.78, 5) is 20.0. The van der Waals surface area contributed by atoms with Gasteiger partial charge in [-0.25, -0.2) is 4.98 Å². The van der Waals surface area contributed by atoms with E-state index in [2.05, 4.69) is 9.97 Å². The van der Waals surface area contributed by atoms with Crippen LogP contribution in [0.3, 0.4) is 0 Å². The van der Waals surface area contributed by atoms with E-state index in [4.69, 9.17) is 9.47 Å². The molecule has 1 heterocycles. The van der Waals surface area contributed by atoms with Gasteiger partial charge in [0.15, 0.2) is 11.5 Å². The molecule has 3 aromatic rings. The van der Waals surface area contributed by atoms with E-state index < -0.39 is 0 Å². The van der Waals surface area contributed by atoms with Gasteiger partial charge in [-0.1, -0.05) is 29.8 Å². The van der Waals surface area contributed by atoms with Crippen LogP contribution in [-0.4, -0.2) is 35.1 Å². The van der Waals surface area contributed by atoms with Crippen LogP contribution >= 0.6 is 0 Å². The molecule has 0 aliphatic heterocycles. The molecule has 0 radical (unpaired) electrons. The second-order valence-corrected chi connectivity index (χ2v) is 5.57. The second kappa shape index (κ2) is 6.68. The monoisotopic (exact) mass is 338 g/mol. The SMILES string of the molecule is COc1cc(C(=O)c2cnc(-c3ccc(C)cc3)[nH]2)cc(OC)c1O. The zero-order chi connectivity index (χ0) is 18.0. The average molecular weight is 338 g/mol. The molecule has 2 aromatic carbocycles. The quantitative estimate of drug-likeness (QED) is 0.697. The number of ketones is 1. The van der Waals surface area contributed by atoms with Crippen LogP contribution in [0.1, 0.15) is 21.6 Å². The number of H-pyrrole nitrogens is 1. The summed E-state index contributed by atoms with van der Waals surface area (Å²) in [5.74, 6) is 0.525. The summed E-state index contributed by atoms with van der Waals surface area (Å²) in [6.45, 7) is 2.01. The van der Waals surface area contributed by atoms with Crippen molar-refractivity contribution in [2.24, 2.45) is 0 Å². The van der Waals surface area contributed by atoms with Crippen molar-refractivity contribution in [3.05, 3.63) is 59.4 Å². The number of imidazole rings is 1. The first-order valence-electron chi connectivity index (χ1n) is 7.65. The van der Waals surface area contributed by atoms with E-state index in [-0.39, 0.29) is 23.0 Å². The van der Waals surface area contributed by atoms with Crippen LogP contribution in [-0.2, 0) is 0 Å². The Kier molecular flexibility index (Phi) is 4.43. The lowest BCUT2D eigenvalue weighted by Gasteiger charge is -2.10. The van der Waals surface area contributed by atoms with Crippen molar-refractivity contribution < 1.29 is 19.4 Å². The molecule has 0 fully saturated rings. The highest BCUT2D eigenvalue weighted by molar-refractivity contribution is 6.08. The normalized spacial score (nSPS) is 10.5. The third-order valence-electron chi connectivity index (χ3n) is 3.89. The molecule has 3 rings (SSSR count). The summed E-state index contributed by atoms with van der Waals surface area (Å²) >= 11 is 0. The van der Waals surface area contributed by atoms with E-state index in [0.717, 1.165) is 11.1 Å². The maximum atomic E-state index is 12.7. The number of ether oxygens (including phenoxy) is 2. The molecule has 0 aliphatic carbocycles. The van der Waals surface area contributed by atoms with E-state index in [1.807, 2.05) is 31.2 Å². The first-order valence-corrected chi connectivity index (χ1v) is 7.65. The van der Waals surface area contributed by atoms with E-state index in [1.165, 1.54) is 32.5 Å². The van der Waals surface area contributed by atoms with Crippen molar-refractivity contribution in [3.8, 4) is 28.6 Å². The number of methoxy groups -OCH3 is 2. The molecule has 0 atom stereocenters. The van der Waals surface area contributed by atoms with Crippen molar-refractivity contribution in [2.45, 2.75) is 6.92 Å². The maximum Gasteiger partial charge on any atom is 0.211 e. The van der Waals surface area contributed by atoms with E-state index in [1.54, 1.807) is 0 Å². The van der Waals surface area contributed by atoms with Crippen molar-refractivity contribution >= 4 is 5.78 Å². The van der Waals surface area contributed by atoms with Crippen molar-refractivity contribution in [1.82, 2.24) is 9.97 Å². The highest BCUT2D eigenvalue weighted by atomic mass is 16.5. The molecular formula is C19H18N2O4. The Hall–Kier alpha value is -3.28. The number of aromatic nitrogens is 2. The fourth-order valence-corrected chi connectivity index (χ4v) is 2.47. The van der Waals surface area contributed by atoms with Crippen LogP contribution in [0.5, 0.6) is 17.2 Å². The smallest absolute Gasteiger partial charge is 0.211 e. The molecule has 6 heteroatoms. The van der Waals surface area contributed by atoms with Gasteiger partial charge in [-0.05, 0) is 19.1 Å². The van der Waals surface area contributed by atoms with Crippen molar-refractivity contribution in [3.63, 3.8) is 0 Å². The number of nitrogens with one attached hydrogen (secondary N) is 1. The minimum absolute atomic E-state index is 0.147. The fourth-order valence-electron chi connectivity index (χ4n) is 2.47. The number of hydrogen-bond donors (Lipinski definition) is 2. The van der Waals surface area contributed by atoms with Gasteiger partial charge in [0, 0.05) is 11.1 Å². The highest BCUT2D eigenvalue weighted by Gasteiger charge is 2.18. The Morgan fingerprint density at radius 2 is 1.68 bits per heavy atom. The third-order valence-corrected chi connectivity index (χ3v) is 3.89. The molecule has 25 heavy (non-hydrogen) atoms. The van der Waals surface area contributed by atoms with Crippen LogP contribution in [0.4, 0.5) is 0 Å². The maximum absolute atomic E-state index is 12.7. The van der Waals surface area contributed by atoms with Gasteiger partial charge in [0.05, 0.1) is 20.4 Å². The molecular weight excluding hydrogens is 320 g/mol. The van der Waals surface area contributed by atoms with Gasteiger partial charge in [-0.2, -0.15) is 0 Å². The molecule has 2 N–H and O–H groups in total. The molecule has 0 aliphatic rings. The molecule has 0 bridgehead atoms. The lowest BCUT2D eigenvalue weighted by atomic mass is 10.1. The Bertz CT molecular complexity index is 888. The first-order chi connectivity index (χ1) is 12.0. The molecule has 0 spiro atoms. The number of carbonyl (C=O) groups excluding carboxylic acids is 1. The van der Waals surface area contributed by atoms with Crippen molar-refractivity contribution in [2.75, 3.05) is 14.2 Å². The molecule has 0 saturated carbocycles. The number of benzene rings is 2. The molecule has 128 valence electrons. The fraction of sp³-hybridized carbons (Fsp3) is 0.158. The minimum Gasteiger partial charge on any atom is -0.502 e. The number of aryl methyl sites for hydroxylation is 1. The van der Waals surface area contributed by atoms with Gasteiger partial charge in [-0.3, -0.25) is 4.79 Å². The first kappa shape index (κ1) is 16.6.